The maximum absolute atomic E-state index is 13.3. The lowest BCUT2D eigenvalue weighted by Gasteiger charge is -2.34. The molecule has 136 valence electrons. The van der Waals surface area contributed by atoms with Gasteiger partial charge in [0.05, 0.1) is 0 Å². The van der Waals surface area contributed by atoms with Gasteiger partial charge in [0.1, 0.15) is 18.2 Å². The standard InChI is InChI=1S/C19H17BrF2N2O2/c20-17-6-5-15(22)10-13(17)4-7-18(25)23-8-9-24(19(26)12-23)16-3-1-2-14(21)11-16/h1-3,5-6,10-11H,4,7-9,12H2. The van der Waals surface area contributed by atoms with E-state index in [9.17, 15) is 18.4 Å². The van der Waals surface area contributed by atoms with Crippen molar-refractivity contribution in [2.75, 3.05) is 24.5 Å². The van der Waals surface area contributed by atoms with Crippen LogP contribution >= 0.6 is 15.9 Å². The summed E-state index contributed by atoms with van der Waals surface area (Å²) in [5.74, 6) is -1.17. The van der Waals surface area contributed by atoms with Gasteiger partial charge in [-0.15, -0.1) is 0 Å². The number of hydrogen-bond acceptors (Lipinski definition) is 2. The van der Waals surface area contributed by atoms with Gasteiger partial charge in [0.25, 0.3) is 0 Å². The molecule has 1 heterocycles. The van der Waals surface area contributed by atoms with E-state index in [1.165, 1.54) is 34.1 Å². The zero-order valence-corrected chi connectivity index (χ0v) is 15.5. The van der Waals surface area contributed by atoms with E-state index in [1.807, 2.05) is 0 Å². The van der Waals surface area contributed by atoms with Crippen molar-refractivity contribution < 1.29 is 18.4 Å². The van der Waals surface area contributed by atoms with E-state index >= 15 is 0 Å². The fourth-order valence-corrected chi connectivity index (χ4v) is 3.38. The number of carbonyl (C=O) groups excluding carboxylic acids is 2. The van der Waals surface area contributed by atoms with E-state index in [0.717, 1.165) is 4.47 Å². The number of piperazine rings is 1. The third-order valence-electron chi connectivity index (χ3n) is 4.31. The van der Waals surface area contributed by atoms with Gasteiger partial charge in [-0.2, -0.15) is 0 Å². The molecular formula is C19H17BrF2N2O2. The molecule has 1 aliphatic rings. The van der Waals surface area contributed by atoms with Gasteiger partial charge < -0.3 is 9.80 Å². The Balaban J connectivity index is 1.59. The van der Waals surface area contributed by atoms with Crippen LogP contribution < -0.4 is 4.90 Å². The molecule has 0 aromatic heterocycles. The smallest absolute Gasteiger partial charge is 0.246 e. The van der Waals surface area contributed by atoms with E-state index in [2.05, 4.69) is 15.9 Å². The Labute approximate surface area is 158 Å². The maximum atomic E-state index is 13.3. The van der Waals surface area contributed by atoms with Crippen LogP contribution in [-0.4, -0.2) is 36.3 Å². The van der Waals surface area contributed by atoms with Gasteiger partial charge in [-0.3, -0.25) is 9.59 Å². The number of anilines is 1. The summed E-state index contributed by atoms with van der Waals surface area (Å²) in [5, 5.41) is 0. The highest BCUT2D eigenvalue weighted by molar-refractivity contribution is 9.10. The molecule has 2 aromatic rings. The van der Waals surface area contributed by atoms with Crippen molar-refractivity contribution in [1.29, 1.82) is 0 Å². The number of hydrogen-bond donors (Lipinski definition) is 0. The van der Waals surface area contributed by atoms with Gasteiger partial charge in [0.2, 0.25) is 11.8 Å². The largest absolute Gasteiger partial charge is 0.332 e. The highest BCUT2D eigenvalue weighted by Crippen LogP contribution is 2.21. The molecule has 1 fully saturated rings. The monoisotopic (exact) mass is 422 g/mol. The fraction of sp³-hybridized carbons (Fsp3) is 0.263. The SMILES string of the molecule is O=C(CCc1cc(F)ccc1Br)N1CCN(c2cccc(F)c2)C(=O)C1. The highest BCUT2D eigenvalue weighted by Gasteiger charge is 2.28. The number of nitrogens with zero attached hydrogens (tertiary/aromatic N) is 2. The molecule has 2 aromatic carbocycles. The van der Waals surface area contributed by atoms with E-state index in [4.69, 9.17) is 0 Å². The number of rotatable bonds is 4. The van der Waals surface area contributed by atoms with Crippen molar-refractivity contribution >= 4 is 33.4 Å². The van der Waals surface area contributed by atoms with Crippen molar-refractivity contribution in [2.45, 2.75) is 12.8 Å². The molecule has 7 heteroatoms. The molecule has 0 N–H and O–H groups in total. The topological polar surface area (TPSA) is 40.6 Å². The van der Waals surface area contributed by atoms with Crippen molar-refractivity contribution in [3.8, 4) is 0 Å². The Morgan fingerprint density at radius 3 is 2.58 bits per heavy atom. The Morgan fingerprint density at radius 1 is 1.08 bits per heavy atom. The van der Waals surface area contributed by atoms with Gasteiger partial charge in [-0.25, -0.2) is 8.78 Å². The number of aryl methyl sites for hydroxylation is 1. The minimum absolute atomic E-state index is 0.0420. The Bertz CT molecular complexity index is 844. The third kappa shape index (κ3) is 4.27. The Kier molecular flexibility index (Phi) is 5.66. The van der Waals surface area contributed by atoms with Crippen molar-refractivity contribution in [2.24, 2.45) is 0 Å². The molecule has 4 nitrogen and oxygen atoms in total. The van der Waals surface area contributed by atoms with Crippen molar-refractivity contribution in [3.63, 3.8) is 0 Å². The minimum Gasteiger partial charge on any atom is -0.332 e. The molecule has 3 rings (SSSR count). The zero-order chi connectivity index (χ0) is 18.7. The van der Waals surface area contributed by atoms with Crippen LogP contribution in [0.3, 0.4) is 0 Å². The van der Waals surface area contributed by atoms with Crippen LogP contribution in [0.1, 0.15) is 12.0 Å². The number of carbonyl (C=O) groups is 2. The van der Waals surface area contributed by atoms with Crippen LogP contribution in [0.25, 0.3) is 0 Å². The summed E-state index contributed by atoms with van der Waals surface area (Å²) >= 11 is 3.34. The second-order valence-corrected chi connectivity index (χ2v) is 6.93. The van der Waals surface area contributed by atoms with Crippen LogP contribution in [0.5, 0.6) is 0 Å². The molecule has 0 spiro atoms. The highest BCUT2D eigenvalue weighted by atomic mass is 79.9. The van der Waals surface area contributed by atoms with Crippen LogP contribution in [-0.2, 0) is 16.0 Å². The van der Waals surface area contributed by atoms with Gasteiger partial charge in [-0.05, 0) is 48.4 Å². The molecule has 1 aliphatic heterocycles. The van der Waals surface area contributed by atoms with E-state index in [-0.39, 0.29) is 30.6 Å². The molecule has 2 amide bonds. The van der Waals surface area contributed by atoms with Gasteiger partial charge >= 0.3 is 0 Å². The molecule has 0 bridgehead atoms. The van der Waals surface area contributed by atoms with Crippen LogP contribution in [0.15, 0.2) is 46.9 Å². The van der Waals surface area contributed by atoms with Crippen LogP contribution in [0.4, 0.5) is 14.5 Å². The van der Waals surface area contributed by atoms with Crippen molar-refractivity contribution in [3.05, 3.63) is 64.1 Å². The van der Waals surface area contributed by atoms with E-state index < -0.39 is 5.82 Å². The first-order chi connectivity index (χ1) is 12.4. The van der Waals surface area contributed by atoms with Gasteiger partial charge in [0.15, 0.2) is 0 Å². The molecule has 1 saturated heterocycles. The maximum Gasteiger partial charge on any atom is 0.246 e. The van der Waals surface area contributed by atoms with E-state index in [1.54, 1.807) is 18.2 Å². The molecule has 0 radical (unpaired) electrons. The Morgan fingerprint density at radius 2 is 1.85 bits per heavy atom. The number of benzene rings is 2. The van der Waals surface area contributed by atoms with E-state index in [0.29, 0.717) is 30.8 Å². The summed E-state index contributed by atoms with van der Waals surface area (Å²) in [6.45, 7) is 0.656. The first-order valence-electron chi connectivity index (χ1n) is 8.21. The summed E-state index contributed by atoms with van der Waals surface area (Å²) in [6.07, 6.45) is 0.574. The first-order valence-corrected chi connectivity index (χ1v) is 9.01. The molecular weight excluding hydrogens is 406 g/mol. The van der Waals surface area contributed by atoms with Gasteiger partial charge in [0, 0.05) is 29.7 Å². The summed E-state index contributed by atoms with van der Waals surface area (Å²) in [7, 11) is 0. The summed E-state index contributed by atoms with van der Waals surface area (Å²) in [6, 6.07) is 10.2. The van der Waals surface area contributed by atoms with Crippen molar-refractivity contribution in [1.82, 2.24) is 4.90 Å². The Hall–Kier alpha value is -2.28. The number of halogens is 3. The lowest BCUT2D eigenvalue weighted by molar-refractivity contribution is -0.136. The zero-order valence-electron chi connectivity index (χ0n) is 13.9. The molecule has 0 unspecified atom stereocenters. The van der Waals surface area contributed by atoms with Crippen LogP contribution in [0, 0.1) is 11.6 Å². The first kappa shape index (κ1) is 18.5. The lowest BCUT2D eigenvalue weighted by Crippen LogP contribution is -2.52. The second-order valence-electron chi connectivity index (χ2n) is 6.08. The third-order valence-corrected chi connectivity index (χ3v) is 5.08. The molecule has 0 saturated carbocycles. The summed E-state index contributed by atoms with van der Waals surface area (Å²) in [5.41, 5.74) is 1.20. The lowest BCUT2D eigenvalue weighted by atomic mass is 10.1. The predicted octanol–water partition coefficient (Wildman–Crippen LogP) is 3.54. The van der Waals surface area contributed by atoms with Crippen LogP contribution in [0.2, 0.25) is 0 Å². The predicted molar refractivity (Wildman–Crippen MR) is 97.8 cm³/mol. The second kappa shape index (κ2) is 7.95. The quantitative estimate of drug-likeness (QED) is 0.755. The molecule has 0 aliphatic carbocycles. The van der Waals surface area contributed by atoms with Gasteiger partial charge in [-0.1, -0.05) is 22.0 Å². The average Bonchev–Trinajstić information content (AvgIpc) is 2.62. The molecule has 26 heavy (non-hydrogen) atoms. The minimum atomic E-state index is -0.408. The average molecular weight is 423 g/mol. The fourth-order valence-electron chi connectivity index (χ4n) is 2.94. The normalized spacial score (nSPS) is 14.7. The molecule has 0 atom stereocenters. The number of amides is 2. The summed E-state index contributed by atoms with van der Waals surface area (Å²) < 4.78 is 27.4. The summed E-state index contributed by atoms with van der Waals surface area (Å²) in [4.78, 5) is 27.7.